The summed E-state index contributed by atoms with van der Waals surface area (Å²) in [5, 5.41) is 8.49. The largest absolute Gasteiger partial charge is 0.338 e. The average molecular weight is 348 g/mol. The smallest absolute Gasteiger partial charge is 0.259 e. The predicted molar refractivity (Wildman–Crippen MR) is 91.6 cm³/mol. The lowest BCUT2D eigenvalue weighted by Gasteiger charge is -2.32. The maximum absolute atomic E-state index is 13.1. The Labute approximate surface area is 148 Å². The minimum Gasteiger partial charge on any atom is -0.338 e. The van der Waals surface area contributed by atoms with Crippen molar-refractivity contribution in [3.05, 3.63) is 54.5 Å². The summed E-state index contributed by atoms with van der Waals surface area (Å²) in [7, 11) is 0. The minimum absolute atomic E-state index is 0.0349. The molecule has 0 bridgehead atoms. The normalized spacial score (nSPS) is 17.8. The zero-order chi connectivity index (χ0) is 17.5. The molecule has 0 radical (unpaired) electrons. The highest BCUT2D eigenvalue weighted by molar-refractivity contribution is 5.99. The first kappa shape index (κ1) is 14.9. The number of piperidine rings is 1. The third-order valence-corrected chi connectivity index (χ3v) is 4.85. The topological polar surface area (TPSA) is 93.6 Å². The number of aromatic nitrogens is 7. The van der Waals surface area contributed by atoms with Crippen molar-refractivity contribution in [2.75, 3.05) is 13.1 Å². The second kappa shape index (κ2) is 5.87. The molecule has 5 rings (SSSR count). The van der Waals surface area contributed by atoms with E-state index >= 15 is 0 Å². The summed E-state index contributed by atoms with van der Waals surface area (Å²) in [5.41, 5.74) is 2.15. The molecule has 9 nitrogen and oxygen atoms in total. The van der Waals surface area contributed by atoms with E-state index in [0.29, 0.717) is 23.5 Å². The van der Waals surface area contributed by atoms with Gasteiger partial charge in [-0.15, -0.1) is 0 Å². The number of rotatable bonds is 2. The van der Waals surface area contributed by atoms with Crippen LogP contribution in [0.25, 0.3) is 11.4 Å². The van der Waals surface area contributed by atoms with Crippen LogP contribution in [0.4, 0.5) is 0 Å². The molecule has 1 amide bonds. The molecule has 1 atom stereocenters. The lowest BCUT2D eigenvalue weighted by Crippen LogP contribution is -2.39. The molecule has 1 aliphatic heterocycles. The number of amides is 1. The zero-order valence-corrected chi connectivity index (χ0v) is 13.9. The molecule has 0 aliphatic carbocycles. The third kappa shape index (κ3) is 2.32. The van der Waals surface area contributed by atoms with Gasteiger partial charge in [0.15, 0.2) is 5.65 Å². The van der Waals surface area contributed by atoms with Gasteiger partial charge < -0.3 is 4.90 Å². The molecule has 1 aliphatic rings. The highest BCUT2D eigenvalue weighted by Gasteiger charge is 2.29. The van der Waals surface area contributed by atoms with Crippen molar-refractivity contribution in [3.63, 3.8) is 0 Å². The highest BCUT2D eigenvalue weighted by Crippen LogP contribution is 2.27. The molecule has 4 aromatic heterocycles. The molecule has 26 heavy (non-hydrogen) atoms. The first-order valence-corrected chi connectivity index (χ1v) is 8.53. The van der Waals surface area contributed by atoms with Gasteiger partial charge in [-0.3, -0.25) is 4.79 Å². The zero-order valence-electron chi connectivity index (χ0n) is 13.9. The van der Waals surface area contributed by atoms with Crippen LogP contribution in [0.15, 0.2) is 43.2 Å². The van der Waals surface area contributed by atoms with Crippen molar-refractivity contribution in [2.45, 2.75) is 18.8 Å². The number of hydrogen-bond acceptors (Lipinski definition) is 6. The predicted octanol–water partition coefficient (Wildman–Crippen LogP) is 1.19. The van der Waals surface area contributed by atoms with E-state index in [1.807, 2.05) is 11.0 Å². The fourth-order valence-electron chi connectivity index (χ4n) is 3.62. The average Bonchev–Trinajstić information content (AvgIpc) is 3.34. The fraction of sp³-hybridized carbons (Fsp3) is 0.294. The van der Waals surface area contributed by atoms with Crippen molar-refractivity contribution < 1.29 is 4.79 Å². The van der Waals surface area contributed by atoms with E-state index in [0.717, 1.165) is 25.1 Å². The standard InChI is InChI=1S/C17H16N8O/c26-16(13-9-21-24-8-2-5-18-15(13)24)23-7-1-3-12(10-23)14-4-6-19-17-20-11-22-25(14)17/h2,4-6,8-9,11-12H,1,3,7,10H2. The number of fused-ring (bicyclic) bond motifs is 2. The fourth-order valence-corrected chi connectivity index (χ4v) is 3.62. The number of likely N-dealkylation sites (tertiary alicyclic amines) is 1. The molecular weight excluding hydrogens is 332 g/mol. The lowest BCUT2D eigenvalue weighted by molar-refractivity contribution is 0.0707. The molecule has 130 valence electrons. The molecule has 1 saturated heterocycles. The van der Waals surface area contributed by atoms with Gasteiger partial charge in [-0.2, -0.15) is 15.2 Å². The first-order valence-electron chi connectivity index (χ1n) is 8.53. The summed E-state index contributed by atoms with van der Waals surface area (Å²) in [5.74, 6) is 0.736. The van der Waals surface area contributed by atoms with Gasteiger partial charge in [0.05, 0.1) is 11.9 Å². The van der Waals surface area contributed by atoms with Gasteiger partial charge in [0.2, 0.25) is 0 Å². The second-order valence-electron chi connectivity index (χ2n) is 6.38. The molecule has 1 unspecified atom stereocenters. The molecule has 5 heterocycles. The molecule has 9 heteroatoms. The second-order valence-corrected chi connectivity index (χ2v) is 6.38. The van der Waals surface area contributed by atoms with Crippen LogP contribution in [0.5, 0.6) is 0 Å². The van der Waals surface area contributed by atoms with Gasteiger partial charge in [-0.05, 0) is 25.0 Å². The summed E-state index contributed by atoms with van der Waals surface area (Å²) >= 11 is 0. The van der Waals surface area contributed by atoms with Crippen LogP contribution >= 0.6 is 0 Å². The first-order chi connectivity index (χ1) is 12.8. The van der Waals surface area contributed by atoms with Crippen molar-refractivity contribution in [1.29, 1.82) is 0 Å². The van der Waals surface area contributed by atoms with Gasteiger partial charge in [0, 0.05) is 37.6 Å². The maximum Gasteiger partial charge on any atom is 0.259 e. The molecule has 4 aromatic rings. The molecule has 1 fully saturated rings. The Morgan fingerprint density at radius 1 is 1.15 bits per heavy atom. The van der Waals surface area contributed by atoms with Gasteiger partial charge in [-0.1, -0.05) is 0 Å². The monoisotopic (exact) mass is 348 g/mol. The van der Waals surface area contributed by atoms with E-state index in [1.165, 1.54) is 6.33 Å². The van der Waals surface area contributed by atoms with Crippen molar-refractivity contribution in [1.82, 2.24) is 39.1 Å². The van der Waals surface area contributed by atoms with Crippen LogP contribution in [0.1, 0.15) is 34.8 Å². The molecule has 0 aromatic carbocycles. The Bertz CT molecular complexity index is 1100. The Morgan fingerprint density at radius 3 is 3.08 bits per heavy atom. The number of carbonyl (C=O) groups excluding carboxylic acids is 1. The van der Waals surface area contributed by atoms with E-state index in [-0.39, 0.29) is 11.8 Å². The van der Waals surface area contributed by atoms with E-state index in [4.69, 9.17) is 0 Å². The van der Waals surface area contributed by atoms with E-state index in [2.05, 4.69) is 25.1 Å². The van der Waals surface area contributed by atoms with Crippen LogP contribution in [0.2, 0.25) is 0 Å². The molecular formula is C17H16N8O. The van der Waals surface area contributed by atoms with Gasteiger partial charge in [-0.25, -0.2) is 19.0 Å². The maximum atomic E-state index is 13.1. The Kier molecular flexibility index (Phi) is 3.37. The molecule has 0 spiro atoms. The highest BCUT2D eigenvalue weighted by atomic mass is 16.2. The van der Waals surface area contributed by atoms with Crippen LogP contribution in [0, 0.1) is 0 Å². The third-order valence-electron chi connectivity index (χ3n) is 4.85. The van der Waals surface area contributed by atoms with E-state index < -0.39 is 0 Å². The SMILES string of the molecule is O=C(c1cnn2cccnc12)N1CCCC(c2ccnc3ncnn23)C1. The van der Waals surface area contributed by atoms with Crippen LogP contribution in [0.3, 0.4) is 0 Å². The summed E-state index contributed by atoms with van der Waals surface area (Å²) in [6.07, 6.45) is 10.2. The van der Waals surface area contributed by atoms with Gasteiger partial charge >= 0.3 is 0 Å². The van der Waals surface area contributed by atoms with E-state index in [9.17, 15) is 4.79 Å². The van der Waals surface area contributed by atoms with Crippen LogP contribution in [-0.2, 0) is 0 Å². The van der Waals surface area contributed by atoms with Gasteiger partial charge in [0.25, 0.3) is 11.7 Å². The number of hydrogen-bond donors (Lipinski definition) is 0. The van der Waals surface area contributed by atoms with Crippen LogP contribution < -0.4 is 0 Å². The Hall–Kier alpha value is -3.36. The Morgan fingerprint density at radius 2 is 2.12 bits per heavy atom. The summed E-state index contributed by atoms with van der Waals surface area (Å²) in [6.45, 7) is 1.35. The van der Waals surface area contributed by atoms with E-state index in [1.54, 1.807) is 39.9 Å². The summed E-state index contributed by atoms with van der Waals surface area (Å²) in [4.78, 5) is 27.6. The van der Waals surface area contributed by atoms with Gasteiger partial charge in [0.1, 0.15) is 11.9 Å². The Balaban J connectivity index is 1.45. The molecule has 0 saturated carbocycles. The lowest BCUT2D eigenvalue weighted by atomic mass is 9.94. The van der Waals surface area contributed by atoms with Crippen molar-refractivity contribution in [2.24, 2.45) is 0 Å². The number of nitrogens with zero attached hydrogens (tertiary/aromatic N) is 8. The van der Waals surface area contributed by atoms with Crippen molar-refractivity contribution >= 4 is 17.3 Å². The quantitative estimate of drug-likeness (QED) is 0.540. The summed E-state index contributed by atoms with van der Waals surface area (Å²) in [6, 6.07) is 3.75. The minimum atomic E-state index is -0.0349. The van der Waals surface area contributed by atoms with Crippen molar-refractivity contribution in [3.8, 4) is 0 Å². The summed E-state index contributed by atoms with van der Waals surface area (Å²) < 4.78 is 3.38. The number of carbonyl (C=O) groups is 1. The van der Waals surface area contributed by atoms with Crippen LogP contribution in [-0.4, -0.2) is 58.1 Å². The molecule has 0 N–H and O–H groups in total.